The van der Waals surface area contributed by atoms with Crippen LogP contribution in [-0.4, -0.2) is 35.8 Å². The predicted octanol–water partition coefficient (Wildman–Crippen LogP) is 5.53. The molecule has 7 heteroatoms. The van der Waals surface area contributed by atoms with Crippen LogP contribution in [0.5, 0.6) is 11.5 Å². The van der Waals surface area contributed by atoms with Crippen LogP contribution in [0, 0.1) is 0 Å². The van der Waals surface area contributed by atoms with Gasteiger partial charge in [-0.25, -0.2) is 0 Å². The van der Waals surface area contributed by atoms with Crippen molar-refractivity contribution in [2.45, 2.75) is 51.3 Å². The molecule has 0 spiro atoms. The maximum absolute atomic E-state index is 13.5. The highest BCUT2D eigenvalue weighted by molar-refractivity contribution is 6.21. The third kappa shape index (κ3) is 3.86. The molecule has 0 aromatic heterocycles. The number of imide groups is 1. The van der Waals surface area contributed by atoms with Crippen molar-refractivity contribution >= 4 is 23.4 Å². The summed E-state index contributed by atoms with van der Waals surface area (Å²) >= 11 is 0. The molecule has 3 aromatic carbocycles. The number of ether oxygens (including phenoxy) is 2. The first kappa shape index (κ1) is 23.3. The summed E-state index contributed by atoms with van der Waals surface area (Å²) in [5.74, 6) is 0.556. The number of fused-ring (bicyclic) bond motifs is 2. The Morgan fingerprint density at radius 3 is 2.19 bits per heavy atom. The maximum Gasteiger partial charge on any atom is 0.262 e. The fraction of sp³-hybridized carbons (Fsp3) is 0.300. The SMILES string of the molecule is COc1ccc(N2Cc3ccc(C(C)N4C(=O)c5ccccc5C4=O)cc3C2=O)cc1OC1CCCC1. The summed E-state index contributed by atoms with van der Waals surface area (Å²) in [7, 11) is 1.62. The quantitative estimate of drug-likeness (QED) is 0.419. The molecule has 188 valence electrons. The zero-order chi connectivity index (χ0) is 25.7. The molecule has 0 saturated heterocycles. The van der Waals surface area contributed by atoms with Crippen molar-refractivity contribution in [1.29, 1.82) is 0 Å². The lowest BCUT2D eigenvalue weighted by atomic mass is 10.0. The Balaban J connectivity index is 1.26. The summed E-state index contributed by atoms with van der Waals surface area (Å²) in [5.41, 5.74) is 3.79. The first-order valence-electron chi connectivity index (χ1n) is 12.7. The Hall–Kier alpha value is -4.13. The predicted molar refractivity (Wildman–Crippen MR) is 138 cm³/mol. The van der Waals surface area contributed by atoms with E-state index in [9.17, 15) is 14.4 Å². The lowest BCUT2D eigenvalue weighted by Gasteiger charge is -2.23. The molecule has 3 aliphatic rings. The molecule has 3 amide bonds. The Kier molecular flexibility index (Phi) is 5.71. The van der Waals surface area contributed by atoms with Crippen molar-refractivity contribution < 1.29 is 23.9 Å². The molecule has 2 aliphatic heterocycles. The van der Waals surface area contributed by atoms with Crippen LogP contribution in [-0.2, 0) is 6.54 Å². The van der Waals surface area contributed by atoms with Gasteiger partial charge in [0.05, 0.1) is 36.9 Å². The maximum atomic E-state index is 13.5. The highest BCUT2D eigenvalue weighted by Gasteiger charge is 2.39. The highest BCUT2D eigenvalue weighted by Crippen LogP contribution is 2.39. The van der Waals surface area contributed by atoms with Gasteiger partial charge in [0.2, 0.25) is 0 Å². The van der Waals surface area contributed by atoms with Gasteiger partial charge >= 0.3 is 0 Å². The molecule has 1 aliphatic carbocycles. The minimum Gasteiger partial charge on any atom is -0.493 e. The first-order chi connectivity index (χ1) is 18.0. The molecule has 3 aromatic rings. The number of methoxy groups -OCH3 is 1. The van der Waals surface area contributed by atoms with E-state index in [1.165, 1.54) is 4.90 Å². The monoisotopic (exact) mass is 496 g/mol. The van der Waals surface area contributed by atoms with E-state index in [4.69, 9.17) is 9.47 Å². The average Bonchev–Trinajstić information content (AvgIpc) is 3.61. The largest absolute Gasteiger partial charge is 0.493 e. The molecule has 1 fully saturated rings. The van der Waals surface area contributed by atoms with Crippen molar-refractivity contribution in [1.82, 2.24) is 4.90 Å². The van der Waals surface area contributed by atoms with Gasteiger partial charge < -0.3 is 14.4 Å². The fourth-order valence-electron chi connectivity index (χ4n) is 5.61. The third-order valence-corrected chi connectivity index (χ3v) is 7.69. The van der Waals surface area contributed by atoms with Gasteiger partial charge in [-0.1, -0.05) is 24.3 Å². The molecule has 37 heavy (non-hydrogen) atoms. The normalized spacial score (nSPS) is 17.8. The van der Waals surface area contributed by atoms with Gasteiger partial charge in [0.1, 0.15) is 0 Å². The molecule has 2 heterocycles. The zero-order valence-corrected chi connectivity index (χ0v) is 20.9. The summed E-state index contributed by atoms with van der Waals surface area (Å²) in [4.78, 5) is 42.5. The number of nitrogens with zero attached hydrogens (tertiary/aromatic N) is 2. The second-order valence-corrected chi connectivity index (χ2v) is 9.87. The van der Waals surface area contributed by atoms with E-state index >= 15 is 0 Å². The fourth-order valence-corrected chi connectivity index (χ4v) is 5.61. The molecule has 7 nitrogen and oxygen atoms in total. The summed E-state index contributed by atoms with van der Waals surface area (Å²) in [6.07, 6.45) is 4.54. The molecule has 1 atom stereocenters. The van der Waals surface area contributed by atoms with Crippen molar-refractivity contribution in [2.24, 2.45) is 0 Å². The van der Waals surface area contributed by atoms with Crippen LogP contribution >= 0.6 is 0 Å². The molecule has 6 rings (SSSR count). The number of carbonyl (C=O) groups excluding carboxylic acids is 3. The number of anilines is 1. The van der Waals surface area contributed by atoms with Crippen LogP contribution in [0.1, 0.15) is 80.8 Å². The summed E-state index contributed by atoms with van der Waals surface area (Å²) in [6, 6.07) is 17.6. The first-order valence-corrected chi connectivity index (χ1v) is 12.7. The van der Waals surface area contributed by atoms with E-state index in [0.29, 0.717) is 34.7 Å². The smallest absolute Gasteiger partial charge is 0.262 e. The van der Waals surface area contributed by atoms with Crippen LogP contribution < -0.4 is 14.4 Å². The van der Waals surface area contributed by atoms with Crippen LogP contribution in [0.3, 0.4) is 0 Å². The number of hydrogen-bond acceptors (Lipinski definition) is 5. The molecule has 0 radical (unpaired) electrons. The van der Waals surface area contributed by atoms with Gasteiger partial charge in [-0.2, -0.15) is 0 Å². The van der Waals surface area contributed by atoms with E-state index in [0.717, 1.165) is 42.5 Å². The van der Waals surface area contributed by atoms with Gasteiger partial charge in [-0.15, -0.1) is 0 Å². The van der Waals surface area contributed by atoms with Gasteiger partial charge in [0, 0.05) is 17.3 Å². The van der Waals surface area contributed by atoms with E-state index < -0.39 is 6.04 Å². The molecular weight excluding hydrogens is 468 g/mol. The van der Waals surface area contributed by atoms with Crippen LogP contribution in [0.2, 0.25) is 0 Å². The number of benzene rings is 3. The van der Waals surface area contributed by atoms with E-state index in [2.05, 4.69) is 0 Å². The van der Waals surface area contributed by atoms with Crippen molar-refractivity contribution in [3.63, 3.8) is 0 Å². The molecule has 0 N–H and O–H groups in total. The van der Waals surface area contributed by atoms with Crippen molar-refractivity contribution in [3.8, 4) is 11.5 Å². The van der Waals surface area contributed by atoms with Crippen molar-refractivity contribution in [2.75, 3.05) is 12.0 Å². The molecule has 1 saturated carbocycles. The van der Waals surface area contributed by atoms with E-state index in [1.54, 1.807) is 36.3 Å². The molecular formula is C30H28N2O5. The Bertz CT molecular complexity index is 1390. The van der Waals surface area contributed by atoms with Crippen LogP contribution in [0.15, 0.2) is 60.7 Å². The summed E-state index contributed by atoms with van der Waals surface area (Å²) in [6.45, 7) is 2.25. The number of hydrogen-bond donors (Lipinski definition) is 0. The minimum absolute atomic E-state index is 0.122. The summed E-state index contributed by atoms with van der Waals surface area (Å²) < 4.78 is 11.7. The second-order valence-electron chi connectivity index (χ2n) is 9.87. The topological polar surface area (TPSA) is 76.2 Å². The summed E-state index contributed by atoms with van der Waals surface area (Å²) in [5, 5.41) is 0. The third-order valence-electron chi connectivity index (χ3n) is 7.69. The van der Waals surface area contributed by atoms with Gasteiger partial charge in [-0.05, 0) is 74.1 Å². The Morgan fingerprint density at radius 1 is 0.811 bits per heavy atom. The number of rotatable bonds is 6. The zero-order valence-electron chi connectivity index (χ0n) is 20.9. The minimum atomic E-state index is -0.507. The highest BCUT2D eigenvalue weighted by atomic mass is 16.5. The lowest BCUT2D eigenvalue weighted by molar-refractivity contribution is 0.0595. The van der Waals surface area contributed by atoms with Gasteiger partial charge in [0.15, 0.2) is 11.5 Å². The number of amides is 3. The van der Waals surface area contributed by atoms with Gasteiger partial charge in [0.25, 0.3) is 17.7 Å². The lowest BCUT2D eigenvalue weighted by Crippen LogP contribution is -2.32. The number of carbonyl (C=O) groups is 3. The van der Waals surface area contributed by atoms with Gasteiger partial charge in [-0.3, -0.25) is 19.3 Å². The van der Waals surface area contributed by atoms with E-state index in [-0.39, 0.29) is 23.8 Å². The molecule has 1 unspecified atom stereocenters. The average molecular weight is 497 g/mol. The van der Waals surface area contributed by atoms with Crippen LogP contribution in [0.25, 0.3) is 0 Å². The standard InChI is InChI=1S/C30H28N2O5/c1-18(32-29(34)23-9-5-6-10-24(23)30(32)35)19-11-12-20-17-31(28(33)25(20)15-19)21-13-14-26(36-2)27(16-21)37-22-7-3-4-8-22/h5-6,9-16,18,22H,3-4,7-8,17H2,1-2H3. The Morgan fingerprint density at radius 2 is 1.51 bits per heavy atom. The van der Waals surface area contributed by atoms with E-state index in [1.807, 2.05) is 43.3 Å². The van der Waals surface area contributed by atoms with Crippen LogP contribution in [0.4, 0.5) is 5.69 Å². The van der Waals surface area contributed by atoms with Crippen molar-refractivity contribution in [3.05, 3.63) is 88.5 Å². The Labute approximate surface area is 215 Å². The second kappa shape index (κ2) is 9.07. The molecule has 0 bridgehead atoms.